The van der Waals surface area contributed by atoms with Crippen LogP contribution in [0.5, 0.6) is 0 Å². The van der Waals surface area contributed by atoms with Gasteiger partial charge in [0.1, 0.15) is 4.90 Å². The van der Waals surface area contributed by atoms with Crippen LogP contribution in [0.4, 0.5) is 0 Å². The molecule has 1 aliphatic rings. The van der Waals surface area contributed by atoms with Crippen molar-refractivity contribution in [3.8, 4) is 0 Å². The third-order valence-electron chi connectivity index (χ3n) is 4.18. The molecule has 6 heteroatoms. The Hall–Kier alpha value is -0.850. The highest BCUT2D eigenvalue weighted by Gasteiger charge is 2.34. The van der Waals surface area contributed by atoms with E-state index in [9.17, 15) is 8.42 Å². The molecular weight excluding hydrogens is 274 g/mol. The van der Waals surface area contributed by atoms with Gasteiger partial charge in [0.25, 0.3) is 0 Å². The van der Waals surface area contributed by atoms with Crippen LogP contribution in [0.3, 0.4) is 0 Å². The second-order valence-corrected chi connectivity index (χ2v) is 7.65. The molecule has 1 aromatic heterocycles. The summed E-state index contributed by atoms with van der Waals surface area (Å²) in [5.41, 5.74) is 6.55. The predicted molar refractivity (Wildman–Crippen MR) is 79.7 cm³/mol. The fourth-order valence-electron chi connectivity index (χ4n) is 2.85. The summed E-state index contributed by atoms with van der Waals surface area (Å²) in [5, 5.41) is 0. The number of aryl methyl sites for hydroxylation is 1. The van der Waals surface area contributed by atoms with Crippen molar-refractivity contribution in [2.75, 3.05) is 6.54 Å². The Morgan fingerprint density at radius 3 is 2.60 bits per heavy atom. The minimum Gasteiger partial charge on any atom is -0.349 e. The van der Waals surface area contributed by atoms with Crippen LogP contribution >= 0.6 is 0 Å². The van der Waals surface area contributed by atoms with Gasteiger partial charge in [-0.2, -0.15) is 4.31 Å². The summed E-state index contributed by atoms with van der Waals surface area (Å²) >= 11 is 0. The smallest absolute Gasteiger partial charge is 0.244 e. The van der Waals surface area contributed by atoms with Crippen LogP contribution in [0.15, 0.2) is 17.2 Å². The fraction of sp³-hybridized carbons (Fsp3) is 0.714. The molecule has 5 nitrogen and oxygen atoms in total. The van der Waals surface area contributed by atoms with Crippen molar-refractivity contribution in [2.45, 2.75) is 57.6 Å². The van der Waals surface area contributed by atoms with Crippen molar-refractivity contribution in [1.82, 2.24) is 8.87 Å². The monoisotopic (exact) mass is 299 g/mol. The van der Waals surface area contributed by atoms with E-state index in [1.54, 1.807) is 16.6 Å². The molecule has 0 spiro atoms. The molecule has 0 aliphatic carbocycles. The molecule has 1 aromatic rings. The van der Waals surface area contributed by atoms with Crippen molar-refractivity contribution in [3.05, 3.63) is 18.0 Å². The van der Waals surface area contributed by atoms with E-state index in [1.807, 2.05) is 18.4 Å². The molecule has 0 saturated carbocycles. The first-order valence-electron chi connectivity index (χ1n) is 7.31. The van der Waals surface area contributed by atoms with Crippen LogP contribution in [-0.2, 0) is 23.1 Å². The largest absolute Gasteiger partial charge is 0.349 e. The van der Waals surface area contributed by atoms with Crippen LogP contribution in [0.1, 0.15) is 39.3 Å². The minimum absolute atomic E-state index is 0.0718. The van der Waals surface area contributed by atoms with Crippen LogP contribution in [0.25, 0.3) is 0 Å². The lowest BCUT2D eigenvalue weighted by molar-refractivity contribution is 0.218. The quantitative estimate of drug-likeness (QED) is 0.921. The van der Waals surface area contributed by atoms with Crippen molar-refractivity contribution >= 4 is 10.0 Å². The standard InChI is InChI=1S/C14H25N3O2S/c1-4-16-10-14(7-13(16)8-15)20(18,19)17-9-11(2)5-6-12(17)3/h7,10-12H,4-6,8-9,15H2,1-3H3. The van der Waals surface area contributed by atoms with E-state index in [2.05, 4.69) is 6.92 Å². The summed E-state index contributed by atoms with van der Waals surface area (Å²) in [6.07, 6.45) is 3.74. The number of piperidine rings is 1. The second kappa shape index (κ2) is 5.87. The maximum atomic E-state index is 12.8. The minimum atomic E-state index is -3.41. The van der Waals surface area contributed by atoms with Crippen molar-refractivity contribution in [3.63, 3.8) is 0 Å². The van der Waals surface area contributed by atoms with E-state index in [4.69, 9.17) is 5.73 Å². The number of rotatable bonds is 4. The van der Waals surface area contributed by atoms with Crippen molar-refractivity contribution < 1.29 is 8.42 Å². The summed E-state index contributed by atoms with van der Waals surface area (Å²) in [5.74, 6) is 0.420. The summed E-state index contributed by atoms with van der Waals surface area (Å²) in [6, 6.07) is 1.78. The summed E-state index contributed by atoms with van der Waals surface area (Å²) < 4.78 is 29.2. The number of nitrogens with two attached hydrogens (primary N) is 1. The van der Waals surface area contributed by atoms with E-state index in [-0.39, 0.29) is 6.04 Å². The van der Waals surface area contributed by atoms with Gasteiger partial charge in [-0.25, -0.2) is 8.42 Å². The van der Waals surface area contributed by atoms with Gasteiger partial charge in [-0.05, 0) is 38.7 Å². The van der Waals surface area contributed by atoms with Gasteiger partial charge >= 0.3 is 0 Å². The second-order valence-electron chi connectivity index (χ2n) is 5.76. The van der Waals surface area contributed by atoms with Gasteiger partial charge in [-0.15, -0.1) is 0 Å². The summed E-state index contributed by atoms with van der Waals surface area (Å²) in [4.78, 5) is 0.376. The number of aromatic nitrogens is 1. The highest BCUT2D eigenvalue weighted by atomic mass is 32.2. The number of sulfonamides is 1. The average Bonchev–Trinajstić information content (AvgIpc) is 2.85. The molecule has 0 amide bonds. The molecule has 2 N–H and O–H groups in total. The molecule has 0 aromatic carbocycles. The van der Waals surface area contributed by atoms with Crippen LogP contribution < -0.4 is 5.73 Å². The zero-order valence-corrected chi connectivity index (χ0v) is 13.4. The molecule has 2 rings (SSSR count). The van der Waals surface area contributed by atoms with E-state index in [0.29, 0.717) is 23.9 Å². The normalized spacial score (nSPS) is 25.0. The zero-order chi connectivity index (χ0) is 14.9. The molecule has 20 heavy (non-hydrogen) atoms. The van der Waals surface area contributed by atoms with E-state index in [0.717, 1.165) is 25.1 Å². The summed E-state index contributed by atoms with van der Waals surface area (Å²) in [7, 11) is -3.41. The van der Waals surface area contributed by atoms with E-state index in [1.165, 1.54) is 0 Å². The summed E-state index contributed by atoms with van der Waals surface area (Å²) in [6.45, 7) is 7.78. The third kappa shape index (κ3) is 2.77. The molecule has 2 unspecified atom stereocenters. The molecule has 1 saturated heterocycles. The number of hydrogen-bond donors (Lipinski definition) is 1. The Labute approximate surface area is 121 Å². The maximum Gasteiger partial charge on any atom is 0.244 e. The SMILES string of the molecule is CCn1cc(S(=O)(=O)N2CC(C)CCC2C)cc1CN. The topological polar surface area (TPSA) is 68.3 Å². The molecule has 0 bridgehead atoms. The van der Waals surface area contributed by atoms with Crippen molar-refractivity contribution in [2.24, 2.45) is 11.7 Å². The van der Waals surface area contributed by atoms with Crippen LogP contribution in [0.2, 0.25) is 0 Å². The molecular formula is C14H25N3O2S. The Bertz CT molecular complexity index is 543. The van der Waals surface area contributed by atoms with Gasteiger partial charge in [0.2, 0.25) is 10.0 Å². The van der Waals surface area contributed by atoms with Gasteiger partial charge < -0.3 is 10.3 Å². The molecule has 2 atom stereocenters. The van der Waals surface area contributed by atoms with Crippen LogP contribution in [0, 0.1) is 5.92 Å². The average molecular weight is 299 g/mol. The van der Waals surface area contributed by atoms with Crippen molar-refractivity contribution in [1.29, 1.82) is 0 Å². The Balaban J connectivity index is 2.36. The Kier molecular flexibility index (Phi) is 4.56. The molecule has 0 radical (unpaired) electrons. The highest BCUT2D eigenvalue weighted by Crippen LogP contribution is 2.28. The van der Waals surface area contributed by atoms with Gasteiger partial charge in [-0.1, -0.05) is 6.92 Å². The zero-order valence-electron chi connectivity index (χ0n) is 12.5. The lowest BCUT2D eigenvalue weighted by atomic mass is 9.97. The first-order chi connectivity index (χ1) is 9.40. The van der Waals surface area contributed by atoms with Gasteiger partial charge in [0.05, 0.1) is 0 Å². The fourth-order valence-corrected chi connectivity index (χ4v) is 4.70. The molecule has 114 valence electrons. The lowest BCUT2D eigenvalue weighted by Crippen LogP contribution is -2.44. The lowest BCUT2D eigenvalue weighted by Gasteiger charge is -2.35. The third-order valence-corrected chi connectivity index (χ3v) is 6.12. The van der Waals surface area contributed by atoms with E-state index < -0.39 is 10.0 Å². The number of hydrogen-bond acceptors (Lipinski definition) is 3. The van der Waals surface area contributed by atoms with Gasteiger partial charge in [0, 0.05) is 37.6 Å². The molecule has 1 fully saturated rings. The maximum absolute atomic E-state index is 12.8. The van der Waals surface area contributed by atoms with Crippen LogP contribution in [-0.4, -0.2) is 29.9 Å². The van der Waals surface area contributed by atoms with Gasteiger partial charge in [0.15, 0.2) is 0 Å². The molecule has 1 aliphatic heterocycles. The first kappa shape index (κ1) is 15.5. The van der Waals surface area contributed by atoms with E-state index >= 15 is 0 Å². The molecule has 2 heterocycles. The predicted octanol–water partition coefficient (Wildman–Crippen LogP) is 1.78. The van der Waals surface area contributed by atoms with Gasteiger partial charge in [-0.3, -0.25) is 0 Å². The highest BCUT2D eigenvalue weighted by molar-refractivity contribution is 7.89. The Morgan fingerprint density at radius 1 is 1.35 bits per heavy atom. The Morgan fingerprint density at radius 2 is 2.05 bits per heavy atom. The number of nitrogens with zero attached hydrogens (tertiary/aromatic N) is 2. The first-order valence-corrected chi connectivity index (χ1v) is 8.75.